The zero-order valence-electron chi connectivity index (χ0n) is 6.67. The summed E-state index contributed by atoms with van der Waals surface area (Å²) in [5, 5.41) is 9.55. The van der Waals surface area contributed by atoms with Crippen LogP contribution >= 0.6 is 0 Å². The van der Waals surface area contributed by atoms with Gasteiger partial charge in [-0.05, 0) is 0 Å². The van der Waals surface area contributed by atoms with Crippen LogP contribution in [-0.4, -0.2) is 35.4 Å². The first-order valence-corrected chi connectivity index (χ1v) is 4.26. The summed E-state index contributed by atoms with van der Waals surface area (Å²) in [6.07, 6.45) is -1.56. The molecular formula is C8H8O5. The molecule has 2 bridgehead atoms. The Morgan fingerprint density at radius 2 is 2.00 bits per heavy atom. The van der Waals surface area contributed by atoms with Crippen molar-refractivity contribution in [1.82, 2.24) is 0 Å². The van der Waals surface area contributed by atoms with E-state index in [0.29, 0.717) is 0 Å². The van der Waals surface area contributed by atoms with Crippen LogP contribution in [0, 0.1) is 11.8 Å². The lowest BCUT2D eigenvalue weighted by Gasteiger charge is -2.20. The fourth-order valence-electron chi connectivity index (χ4n) is 2.55. The summed E-state index contributed by atoms with van der Waals surface area (Å²) in [5.74, 6) is -1.39. The van der Waals surface area contributed by atoms with E-state index in [2.05, 4.69) is 0 Å². The molecule has 1 aliphatic carbocycles. The van der Waals surface area contributed by atoms with Crippen molar-refractivity contribution < 1.29 is 24.2 Å². The quantitative estimate of drug-likeness (QED) is 0.480. The van der Waals surface area contributed by atoms with Gasteiger partial charge in [0.05, 0.1) is 12.3 Å². The minimum absolute atomic E-state index is 0.159. The van der Waals surface area contributed by atoms with Crippen molar-refractivity contribution in [2.24, 2.45) is 11.8 Å². The van der Waals surface area contributed by atoms with Crippen LogP contribution in [0.3, 0.4) is 0 Å². The van der Waals surface area contributed by atoms with Crippen LogP contribution in [0.4, 0.5) is 0 Å². The molecule has 5 atom stereocenters. The Hall–Kier alpha value is -1.10. The maximum absolute atomic E-state index is 11.1. The van der Waals surface area contributed by atoms with Crippen LogP contribution < -0.4 is 0 Å². The smallest absolute Gasteiger partial charge is 0.312 e. The highest BCUT2D eigenvalue weighted by atomic mass is 16.6. The molecule has 0 amide bonds. The molecule has 2 heterocycles. The molecule has 3 aliphatic rings. The molecule has 3 rings (SSSR count). The van der Waals surface area contributed by atoms with Crippen LogP contribution in [0.25, 0.3) is 0 Å². The maximum atomic E-state index is 11.1. The highest BCUT2D eigenvalue weighted by Gasteiger charge is 2.65. The zero-order valence-corrected chi connectivity index (χ0v) is 6.67. The number of hydrogen-bond acceptors (Lipinski definition) is 5. The molecule has 2 saturated heterocycles. The number of rotatable bonds is 0. The third-order valence-corrected chi connectivity index (χ3v) is 3.11. The van der Waals surface area contributed by atoms with E-state index in [1.54, 1.807) is 0 Å². The summed E-state index contributed by atoms with van der Waals surface area (Å²) in [7, 11) is 0. The molecule has 0 spiro atoms. The average molecular weight is 184 g/mol. The minimum atomic E-state index is -0.782. The van der Waals surface area contributed by atoms with Gasteiger partial charge in [-0.2, -0.15) is 0 Å². The Kier molecular flexibility index (Phi) is 1.15. The lowest BCUT2D eigenvalue weighted by Crippen LogP contribution is -2.34. The van der Waals surface area contributed by atoms with Crippen molar-refractivity contribution in [1.29, 1.82) is 0 Å². The number of carbonyl (C=O) groups is 2. The first kappa shape index (κ1) is 7.32. The maximum Gasteiger partial charge on any atom is 0.312 e. The van der Waals surface area contributed by atoms with Gasteiger partial charge in [-0.3, -0.25) is 9.59 Å². The van der Waals surface area contributed by atoms with Crippen molar-refractivity contribution in [3.63, 3.8) is 0 Å². The summed E-state index contributed by atoms with van der Waals surface area (Å²) in [6, 6.07) is 0. The Morgan fingerprint density at radius 1 is 1.23 bits per heavy atom. The Balaban J connectivity index is 1.98. The summed E-state index contributed by atoms with van der Waals surface area (Å²) in [4.78, 5) is 22.1. The van der Waals surface area contributed by atoms with Gasteiger partial charge < -0.3 is 14.6 Å². The Morgan fingerprint density at radius 3 is 2.77 bits per heavy atom. The normalized spacial score (nSPS) is 51.9. The number of hydrogen-bond donors (Lipinski definition) is 1. The number of fused-ring (bicyclic) bond motifs is 5. The largest absolute Gasteiger partial charge is 0.458 e. The van der Waals surface area contributed by atoms with Gasteiger partial charge in [0.25, 0.3) is 0 Å². The SMILES string of the molecule is O=C1C[C@H]2[C@@H](O1)[C@@H]1OC(=O)[C@H]2[C@H]1O. The molecule has 0 radical (unpaired) electrons. The minimum Gasteiger partial charge on any atom is -0.458 e. The number of aliphatic hydroxyl groups excluding tert-OH is 1. The van der Waals surface area contributed by atoms with Crippen molar-refractivity contribution in [2.45, 2.75) is 24.7 Å². The first-order valence-electron chi connectivity index (χ1n) is 4.26. The van der Waals surface area contributed by atoms with Crippen LogP contribution in [0.5, 0.6) is 0 Å². The standard InChI is InChI=1S/C8H8O5/c9-3-1-2-4-5(10)7(6(2)12-3)13-8(4)11/h2,4-7,10H,1H2/t2-,4-,5-,6-,7-/m1/s1. The number of ether oxygens (including phenoxy) is 2. The second-order valence-electron chi connectivity index (χ2n) is 3.74. The summed E-state index contributed by atoms with van der Waals surface area (Å²) in [6.45, 7) is 0. The molecule has 0 aromatic rings. The molecule has 1 N–H and O–H groups in total. The van der Waals surface area contributed by atoms with E-state index in [0.717, 1.165) is 0 Å². The first-order chi connectivity index (χ1) is 6.18. The Labute approximate surface area is 73.6 Å². The van der Waals surface area contributed by atoms with Crippen LogP contribution in [0.2, 0.25) is 0 Å². The molecule has 5 heteroatoms. The third-order valence-electron chi connectivity index (χ3n) is 3.11. The van der Waals surface area contributed by atoms with Gasteiger partial charge in [0.15, 0.2) is 6.10 Å². The summed E-state index contributed by atoms with van der Waals surface area (Å²) < 4.78 is 9.83. The van der Waals surface area contributed by atoms with Gasteiger partial charge in [0, 0.05) is 5.92 Å². The van der Waals surface area contributed by atoms with Crippen LogP contribution in [0.1, 0.15) is 6.42 Å². The molecule has 5 nitrogen and oxygen atoms in total. The Bertz CT molecular complexity index is 297. The van der Waals surface area contributed by atoms with Gasteiger partial charge in [0.1, 0.15) is 12.2 Å². The van der Waals surface area contributed by atoms with E-state index in [1.807, 2.05) is 0 Å². The van der Waals surface area contributed by atoms with E-state index >= 15 is 0 Å². The molecule has 0 aromatic carbocycles. The monoisotopic (exact) mass is 184 g/mol. The molecular weight excluding hydrogens is 176 g/mol. The highest BCUT2D eigenvalue weighted by molar-refractivity contribution is 5.81. The fourth-order valence-corrected chi connectivity index (χ4v) is 2.55. The lowest BCUT2D eigenvalue weighted by atomic mass is 9.92. The van der Waals surface area contributed by atoms with Crippen molar-refractivity contribution in [3.8, 4) is 0 Å². The summed E-state index contributed by atoms with van der Waals surface area (Å²) in [5.41, 5.74) is 0. The van der Waals surface area contributed by atoms with E-state index in [-0.39, 0.29) is 18.3 Å². The van der Waals surface area contributed by atoms with Gasteiger partial charge in [-0.25, -0.2) is 0 Å². The second kappa shape index (κ2) is 2.04. The molecule has 13 heavy (non-hydrogen) atoms. The van der Waals surface area contributed by atoms with Crippen molar-refractivity contribution in [3.05, 3.63) is 0 Å². The topological polar surface area (TPSA) is 72.8 Å². The predicted octanol–water partition coefficient (Wildman–Crippen LogP) is -1.17. The van der Waals surface area contributed by atoms with Gasteiger partial charge in [-0.1, -0.05) is 0 Å². The van der Waals surface area contributed by atoms with E-state index in [4.69, 9.17) is 9.47 Å². The number of esters is 2. The van der Waals surface area contributed by atoms with E-state index in [9.17, 15) is 14.7 Å². The summed E-state index contributed by atoms with van der Waals surface area (Å²) >= 11 is 0. The zero-order chi connectivity index (χ0) is 9.16. The third kappa shape index (κ3) is 0.709. The van der Waals surface area contributed by atoms with Crippen LogP contribution in [-0.2, 0) is 19.1 Å². The van der Waals surface area contributed by atoms with E-state index in [1.165, 1.54) is 0 Å². The number of aliphatic hydroxyl groups is 1. The predicted molar refractivity (Wildman–Crippen MR) is 37.4 cm³/mol. The molecule has 3 fully saturated rings. The molecule has 1 saturated carbocycles. The molecule has 70 valence electrons. The van der Waals surface area contributed by atoms with Gasteiger partial charge >= 0.3 is 11.9 Å². The molecule has 0 unspecified atom stereocenters. The van der Waals surface area contributed by atoms with Crippen molar-refractivity contribution >= 4 is 11.9 Å². The van der Waals surface area contributed by atoms with Crippen molar-refractivity contribution in [2.75, 3.05) is 0 Å². The second-order valence-corrected chi connectivity index (χ2v) is 3.74. The van der Waals surface area contributed by atoms with Crippen LogP contribution in [0.15, 0.2) is 0 Å². The van der Waals surface area contributed by atoms with E-state index < -0.39 is 30.2 Å². The number of carbonyl (C=O) groups excluding carboxylic acids is 2. The van der Waals surface area contributed by atoms with Gasteiger partial charge in [-0.15, -0.1) is 0 Å². The highest BCUT2D eigenvalue weighted by Crippen LogP contribution is 2.47. The average Bonchev–Trinajstić information content (AvgIpc) is 2.60. The van der Waals surface area contributed by atoms with Gasteiger partial charge in [0.2, 0.25) is 0 Å². The molecule has 2 aliphatic heterocycles. The fraction of sp³-hybridized carbons (Fsp3) is 0.750. The molecule has 0 aromatic heterocycles. The lowest BCUT2D eigenvalue weighted by molar-refractivity contribution is -0.162.